The maximum absolute atomic E-state index is 12.8. The third kappa shape index (κ3) is 4.93. The second kappa shape index (κ2) is 10.5. The summed E-state index contributed by atoms with van der Waals surface area (Å²) in [4.78, 5) is 57.9. The number of aromatic carboxylic acids is 1. The van der Waals surface area contributed by atoms with E-state index in [0.717, 1.165) is 30.3 Å². The largest absolute Gasteiger partial charge is 0.506 e. The Labute approximate surface area is 242 Å². The average molecular weight is 610 g/mol. The van der Waals surface area contributed by atoms with Crippen molar-refractivity contribution < 1.29 is 34.1 Å². The molecule has 0 atom stereocenters. The van der Waals surface area contributed by atoms with Crippen molar-refractivity contribution in [3.63, 3.8) is 0 Å². The number of fused-ring (bicyclic) bond motifs is 2. The average Bonchev–Trinajstić information content (AvgIpc) is 2.93. The molecular formula is C27H13Cl2N3O10. The van der Waals surface area contributed by atoms with Gasteiger partial charge in [0, 0.05) is 52.0 Å². The smallest absolute Gasteiger partial charge is 0.346 e. The van der Waals surface area contributed by atoms with Crippen LogP contribution in [0, 0.1) is 20.2 Å². The zero-order chi connectivity index (χ0) is 30.5. The first-order valence-corrected chi connectivity index (χ1v) is 12.3. The molecule has 42 heavy (non-hydrogen) atoms. The summed E-state index contributed by atoms with van der Waals surface area (Å²) < 4.78 is 5.78. The maximum Gasteiger partial charge on any atom is 0.346 e. The molecule has 0 radical (unpaired) electrons. The lowest BCUT2D eigenvalue weighted by molar-refractivity contribution is -0.422. The van der Waals surface area contributed by atoms with Crippen molar-refractivity contribution in [1.82, 2.24) is 0 Å². The minimum Gasteiger partial charge on any atom is -0.506 e. The highest BCUT2D eigenvalue weighted by Crippen LogP contribution is 2.44. The van der Waals surface area contributed by atoms with Crippen LogP contribution in [0.2, 0.25) is 10.0 Å². The van der Waals surface area contributed by atoms with Gasteiger partial charge in [0.2, 0.25) is 5.43 Å². The molecule has 3 aromatic rings. The predicted molar refractivity (Wildman–Crippen MR) is 151 cm³/mol. The highest BCUT2D eigenvalue weighted by Gasteiger charge is 2.27. The van der Waals surface area contributed by atoms with Crippen LogP contribution in [0.5, 0.6) is 5.75 Å². The molecule has 0 bridgehead atoms. The molecule has 0 unspecified atom stereocenters. The van der Waals surface area contributed by atoms with Gasteiger partial charge in [-0.3, -0.25) is 29.8 Å². The van der Waals surface area contributed by atoms with Gasteiger partial charge in [-0.2, -0.15) is 0 Å². The van der Waals surface area contributed by atoms with Gasteiger partial charge in [0.1, 0.15) is 17.1 Å². The van der Waals surface area contributed by atoms with Crippen LogP contribution in [-0.4, -0.2) is 31.9 Å². The topological polar surface area (TPSA) is 203 Å². The van der Waals surface area contributed by atoms with Gasteiger partial charge in [-0.1, -0.05) is 29.3 Å². The normalized spacial score (nSPS) is 11.0. The number of nitro groups is 2. The van der Waals surface area contributed by atoms with Gasteiger partial charge in [0.25, 0.3) is 5.91 Å². The number of carbonyl (C=O) groups excluding carboxylic acids is 1. The van der Waals surface area contributed by atoms with Crippen molar-refractivity contribution >= 4 is 63.1 Å². The number of benzene rings is 4. The number of phenols is 1. The van der Waals surface area contributed by atoms with Crippen LogP contribution in [-0.2, 0) is 0 Å². The lowest BCUT2D eigenvalue weighted by atomic mass is 9.90. The van der Waals surface area contributed by atoms with E-state index in [0.29, 0.717) is 0 Å². The highest BCUT2D eigenvalue weighted by atomic mass is 35.5. The predicted octanol–water partition coefficient (Wildman–Crippen LogP) is 6.34. The first-order chi connectivity index (χ1) is 19.8. The summed E-state index contributed by atoms with van der Waals surface area (Å²) in [6, 6.07) is 11.4. The molecule has 1 amide bonds. The minimum absolute atomic E-state index is 0.0214. The Morgan fingerprint density at radius 3 is 2.24 bits per heavy atom. The summed E-state index contributed by atoms with van der Waals surface area (Å²) in [5, 5.41) is 45.0. The third-order valence-electron chi connectivity index (χ3n) is 6.25. The van der Waals surface area contributed by atoms with E-state index in [4.69, 9.17) is 27.6 Å². The Kier molecular flexibility index (Phi) is 6.98. The summed E-state index contributed by atoms with van der Waals surface area (Å²) in [5.74, 6) is -2.59. The number of nitrogens with one attached hydrogen (secondary N) is 1. The van der Waals surface area contributed by atoms with E-state index in [1.165, 1.54) is 30.3 Å². The molecule has 15 heteroatoms. The van der Waals surface area contributed by atoms with Crippen LogP contribution in [0.25, 0.3) is 33.4 Å². The second-order valence-corrected chi connectivity index (χ2v) is 9.61. The molecule has 0 saturated carbocycles. The number of carboxylic acid groups (broad SMARTS) is 1. The number of amides is 1. The molecule has 0 aromatic heterocycles. The Balaban J connectivity index is 1.66. The summed E-state index contributed by atoms with van der Waals surface area (Å²) in [6.07, 6.45) is 0. The molecule has 3 aromatic carbocycles. The number of aromatic hydroxyl groups is 1. The summed E-state index contributed by atoms with van der Waals surface area (Å²) in [7, 11) is 0. The van der Waals surface area contributed by atoms with Crippen molar-refractivity contribution in [3.05, 3.63) is 112 Å². The van der Waals surface area contributed by atoms with Gasteiger partial charge < -0.3 is 19.9 Å². The highest BCUT2D eigenvalue weighted by molar-refractivity contribution is 6.33. The zero-order valence-corrected chi connectivity index (χ0v) is 22.1. The quantitative estimate of drug-likeness (QED) is 0.110. The Morgan fingerprint density at radius 1 is 0.857 bits per heavy atom. The first-order valence-electron chi connectivity index (χ1n) is 11.6. The molecule has 0 fully saturated rings. The number of carbonyl (C=O) groups is 2. The van der Waals surface area contributed by atoms with Gasteiger partial charge in [0.05, 0.1) is 25.5 Å². The number of phenolic OH excluding ortho intramolecular Hbond substituents is 1. The minimum atomic E-state index is -1.41. The van der Waals surface area contributed by atoms with Crippen LogP contribution in [0.1, 0.15) is 20.7 Å². The molecule has 13 nitrogen and oxygen atoms in total. The molecule has 0 saturated heterocycles. The molecular weight excluding hydrogens is 597 g/mol. The van der Waals surface area contributed by atoms with E-state index in [1.807, 2.05) is 0 Å². The summed E-state index contributed by atoms with van der Waals surface area (Å²) in [5.41, 5.74) is -2.19. The number of carboxylic acids is 1. The lowest BCUT2D eigenvalue weighted by Crippen LogP contribution is -2.13. The number of anilines is 1. The van der Waals surface area contributed by atoms with Crippen molar-refractivity contribution in [2.24, 2.45) is 0 Å². The molecule has 3 N–H and O–H groups in total. The molecule has 1 aliphatic carbocycles. The number of nitrogens with zero attached hydrogens (tertiary/aromatic N) is 2. The van der Waals surface area contributed by atoms with Gasteiger partial charge in [-0.05, 0) is 35.9 Å². The van der Waals surface area contributed by atoms with Crippen LogP contribution in [0.4, 0.5) is 17.1 Å². The Hall–Kier alpha value is -5.53. The van der Waals surface area contributed by atoms with Crippen LogP contribution < -0.4 is 10.7 Å². The summed E-state index contributed by atoms with van der Waals surface area (Å²) >= 11 is 12.2. The Morgan fingerprint density at radius 2 is 1.57 bits per heavy atom. The van der Waals surface area contributed by atoms with Crippen LogP contribution >= 0.6 is 23.2 Å². The zero-order valence-electron chi connectivity index (χ0n) is 20.6. The second-order valence-electron chi connectivity index (χ2n) is 8.79. The fraction of sp³-hybridized carbons (Fsp3) is 0. The standard InChI is InChI=1S/C27H13Cl2N3O10/c28-17-7-15-23(9-21(17)33)42-24-10-22(34)18(29)8-16(24)25(15)13-3-2-12(6-14(13)27(36)37)30-26(35)11-1-4-19(31(38)39)20(5-11)32(40)41/h1-10,33H,(H,30,35)(H,36,37). The van der Waals surface area contributed by atoms with Crippen molar-refractivity contribution in [2.45, 2.75) is 0 Å². The maximum atomic E-state index is 12.8. The number of hydrogen-bond donors (Lipinski definition) is 3. The van der Waals surface area contributed by atoms with Gasteiger partial charge >= 0.3 is 17.3 Å². The molecule has 0 spiro atoms. The molecule has 2 aliphatic rings. The number of nitro benzene ring substituents is 2. The van der Waals surface area contributed by atoms with Gasteiger partial charge in [-0.25, -0.2) is 4.79 Å². The fourth-order valence-corrected chi connectivity index (χ4v) is 4.70. The number of hydrogen-bond acceptors (Lipinski definition) is 9. The summed E-state index contributed by atoms with van der Waals surface area (Å²) in [6.45, 7) is 0. The molecule has 1 aliphatic heterocycles. The van der Waals surface area contributed by atoms with E-state index in [9.17, 15) is 44.8 Å². The first kappa shape index (κ1) is 28.0. The fourth-order valence-electron chi connectivity index (χ4n) is 4.38. The molecule has 1 heterocycles. The van der Waals surface area contributed by atoms with Gasteiger partial charge in [-0.15, -0.1) is 0 Å². The lowest BCUT2D eigenvalue weighted by Gasteiger charge is -2.18. The molecule has 5 rings (SSSR count). The van der Waals surface area contributed by atoms with Crippen LogP contribution in [0.15, 0.2) is 69.9 Å². The van der Waals surface area contributed by atoms with E-state index in [-0.39, 0.29) is 66.0 Å². The monoisotopic (exact) mass is 609 g/mol. The van der Waals surface area contributed by atoms with Crippen LogP contribution in [0.3, 0.4) is 0 Å². The SMILES string of the molecule is O=C(Nc1ccc(-c2c3cc(Cl)c(=O)cc-3oc3cc(O)c(Cl)cc23)c(C(=O)O)c1)c1ccc([N+](=O)[O-])c([N+](=O)[O-])c1. The van der Waals surface area contributed by atoms with E-state index < -0.39 is 38.5 Å². The van der Waals surface area contributed by atoms with Crippen molar-refractivity contribution in [2.75, 3.05) is 5.32 Å². The Bertz CT molecular complexity index is 2040. The van der Waals surface area contributed by atoms with E-state index in [1.54, 1.807) is 0 Å². The van der Waals surface area contributed by atoms with E-state index in [2.05, 4.69) is 5.32 Å². The van der Waals surface area contributed by atoms with E-state index >= 15 is 0 Å². The van der Waals surface area contributed by atoms with Crippen molar-refractivity contribution in [3.8, 4) is 28.2 Å². The number of halogens is 2. The van der Waals surface area contributed by atoms with Gasteiger partial charge in [0.15, 0.2) is 0 Å². The number of rotatable bonds is 6. The third-order valence-corrected chi connectivity index (χ3v) is 6.85. The molecule has 210 valence electrons. The van der Waals surface area contributed by atoms with Crippen molar-refractivity contribution in [1.29, 1.82) is 0 Å².